The van der Waals surface area contributed by atoms with Crippen LogP contribution in [0.2, 0.25) is 0 Å². The molecule has 0 aromatic heterocycles. The first-order valence-corrected chi connectivity index (χ1v) is 6.04. The van der Waals surface area contributed by atoms with Gasteiger partial charge in [-0.25, -0.2) is 0 Å². The lowest BCUT2D eigenvalue weighted by Crippen LogP contribution is -2.32. The van der Waals surface area contributed by atoms with E-state index in [1.807, 2.05) is 0 Å². The molecule has 1 aliphatic heterocycles. The second-order valence-corrected chi connectivity index (χ2v) is 5.40. The Morgan fingerprint density at radius 3 is 2.60 bits per heavy atom. The summed E-state index contributed by atoms with van der Waals surface area (Å²) >= 11 is 0. The fourth-order valence-corrected chi connectivity index (χ4v) is 2.67. The second kappa shape index (κ2) is 4.12. The van der Waals surface area contributed by atoms with E-state index in [4.69, 9.17) is 5.11 Å². The van der Waals surface area contributed by atoms with Gasteiger partial charge in [0, 0.05) is 19.1 Å². The van der Waals surface area contributed by atoms with Crippen LogP contribution in [0.15, 0.2) is 0 Å². The van der Waals surface area contributed by atoms with E-state index in [-0.39, 0.29) is 5.92 Å². The van der Waals surface area contributed by atoms with Gasteiger partial charge in [0.2, 0.25) is 0 Å². The number of rotatable bonds is 4. The maximum absolute atomic E-state index is 11.0. The van der Waals surface area contributed by atoms with Crippen LogP contribution in [0.5, 0.6) is 0 Å². The Morgan fingerprint density at radius 2 is 2.13 bits per heavy atom. The molecule has 0 aromatic carbocycles. The lowest BCUT2D eigenvalue weighted by Gasteiger charge is -2.24. The molecule has 1 heterocycles. The molecule has 2 aliphatic rings. The third-order valence-corrected chi connectivity index (χ3v) is 3.95. The molecule has 0 bridgehead atoms. The van der Waals surface area contributed by atoms with E-state index >= 15 is 0 Å². The summed E-state index contributed by atoms with van der Waals surface area (Å²) in [5.41, 5.74) is 0. The van der Waals surface area contributed by atoms with Crippen molar-refractivity contribution in [2.45, 2.75) is 39.2 Å². The predicted octanol–water partition coefficient (Wildman–Crippen LogP) is 1.83. The van der Waals surface area contributed by atoms with Gasteiger partial charge in [0.25, 0.3) is 0 Å². The smallest absolute Gasteiger partial charge is 0.308 e. The molecule has 3 unspecified atom stereocenters. The van der Waals surface area contributed by atoms with Gasteiger partial charge in [0.15, 0.2) is 0 Å². The van der Waals surface area contributed by atoms with Gasteiger partial charge >= 0.3 is 5.97 Å². The molecule has 86 valence electrons. The Balaban J connectivity index is 1.86. The fourth-order valence-electron chi connectivity index (χ4n) is 2.67. The summed E-state index contributed by atoms with van der Waals surface area (Å²) < 4.78 is 0. The number of carboxylic acids is 1. The van der Waals surface area contributed by atoms with Gasteiger partial charge < -0.3 is 5.11 Å². The first kappa shape index (κ1) is 10.9. The number of carbonyl (C=O) groups is 1. The van der Waals surface area contributed by atoms with E-state index in [0.717, 1.165) is 19.0 Å². The van der Waals surface area contributed by atoms with Gasteiger partial charge in [-0.05, 0) is 25.2 Å². The minimum atomic E-state index is -0.622. The van der Waals surface area contributed by atoms with Gasteiger partial charge in [0.1, 0.15) is 0 Å². The summed E-state index contributed by atoms with van der Waals surface area (Å²) in [4.78, 5) is 13.4. The van der Waals surface area contributed by atoms with Crippen LogP contribution < -0.4 is 0 Å². The number of aliphatic carboxylic acids is 1. The van der Waals surface area contributed by atoms with Crippen molar-refractivity contribution in [3.8, 4) is 0 Å². The summed E-state index contributed by atoms with van der Waals surface area (Å²) in [6, 6.07) is 0.573. The van der Waals surface area contributed by atoms with E-state index in [0.29, 0.717) is 12.0 Å². The van der Waals surface area contributed by atoms with Crippen LogP contribution in [0, 0.1) is 17.8 Å². The zero-order chi connectivity index (χ0) is 11.0. The van der Waals surface area contributed by atoms with Crippen LogP contribution in [-0.2, 0) is 4.79 Å². The highest BCUT2D eigenvalue weighted by atomic mass is 16.4. The minimum absolute atomic E-state index is 0.147. The van der Waals surface area contributed by atoms with Crippen LogP contribution in [0.3, 0.4) is 0 Å². The lowest BCUT2D eigenvalue weighted by molar-refractivity contribution is -0.142. The van der Waals surface area contributed by atoms with Crippen LogP contribution >= 0.6 is 0 Å². The molecule has 0 amide bonds. The first-order valence-electron chi connectivity index (χ1n) is 6.04. The maximum Gasteiger partial charge on any atom is 0.308 e. The molecular formula is C12H21NO2. The quantitative estimate of drug-likeness (QED) is 0.771. The Hall–Kier alpha value is -0.570. The Kier molecular flexibility index (Phi) is 3.01. The molecule has 2 fully saturated rings. The molecule has 1 saturated carbocycles. The largest absolute Gasteiger partial charge is 0.481 e. The van der Waals surface area contributed by atoms with E-state index in [9.17, 15) is 4.79 Å². The minimum Gasteiger partial charge on any atom is -0.481 e. The summed E-state index contributed by atoms with van der Waals surface area (Å²) in [5, 5.41) is 9.05. The average molecular weight is 211 g/mol. The van der Waals surface area contributed by atoms with Gasteiger partial charge in [-0.1, -0.05) is 19.8 Å². The van der Waals surface area contributed by atoms with Crippen molar-refractivity contribution in [3.63, 3.8) is 0 Å². The topological polar surface area (TPSA) is 40.5 Å². The summed E-state index contributed by atoms with van der Waals surface area (Å²) in [7, 11) is 0. The molecule has 1 N–H and O–H groups in total. The van der Waals surface area contributed by atoms with Crippen LogP contribution in [0.25, 0.3) is 0 Å². The molecule has 0 aromatic rings. The SMILES string of the molecule is CC1CN(C(C)CC2CC2)CC1C(=O)O. The van der Waals surface area contributed by atoms with Crippen molar-refractivity contribution in [2.24, 2.45) is 17.8 Å². The average Bonchev–Trinajstić information content (AvgIpc) is 2.86. The maximum atomic E-state index is 11.0. The molecule has 0 radical (unpaired) electrons. The fraction of sp³-hybridized carbons (Fsp3) is 0.917. The van der Waals surface area contributed by atoms with E-state index in [2.05, 4.69) is 18.7 Å². The standard InChI is InChI=1S/C12H21NO2/c1-8-6-13(7-11(8)12(14)15)9(2)5-10-3-4-10/h8-11H,3-7H2,1-2H3,(H,14,15). The van der Waals surface area contributed by atoms with Gasteiger partial charge in [0.05, 0.1) is 5.92 Å². The third kappa shape index (κ3) is 2.51. The van der Waals surface area contributed by atoms with Gasteiger partial charge in [-0.15, -0.1) is 0 Å². The van der Waals surface area contributed by atoms with E-state index in [1.54, 1.807) is 0 Å². The molecular weight excluding hydrogens is 190 g/mol. The number of nitrogens with zero attached hydrogens (tertiary/aromatic N) is 1. The Bertz CT molecular complexity index is 250. The van der Waals surface area contributed by atoms with Crippen LogP contribution in [-0.4, -0.2) is 35.1 Å². The first-order chi connectivity index (χ1) is 7.08. The molecule has 3 nitrogen and oxygen atoms in total. The van der Waals surface area contributed by atoms with Crippen LogP contribution in [0.4, 0.5) is 0 Å². The second-order valence-electron chi connectivity index (χ2n) is 5.40. The Labute approximate surface area is 91.5 Å². The molecule has 1 aliphatic carbocycles. The van der Waals surface area contributed by atoms with Crippen molar-refractivity contribution >= 4 is 5.97 Å². The van der Waals surface area contributed by atoms with Crippen LogP contribution in [0.1, 0.15) is 33.1 Å². The Morgan fingerprint density at radius 1 is 1.47 bits per heavy atom. The zero-order valence-electron chi connectivity index (χ0n) is 9.65. The third-order valence-electron chi connectivity index (χ3n) is 3.95. The number of hydrogen-bond donors (Lipinski definition) is 1. The molecule has 3 atom stereocenters. The summed E-state index contributed by atoms with van der Waals surface area (Å²) in [6.45, 7) is 6.02. The monoisotopic (exact) mass is 211 g/mol. The lowest BCUT2D eigenvalue weighted by atomic mass is 9.99. The summed E-state index contributed by atoms with van der Waals surface area (Å²) in [6.07, 6.45) is 4.03. The van der Waals surface area contributed by atoms with E-state index in [1.165, 1.54) is 19.3 Å². The number of hydrogen-bond acceptors (Lipinski definition) is 2. The predicted molar refractivity (Wildman–Crippen MR) is 58.7 cm³/mol. The normalized spacial score (nSPS) is 34.3. The summed E-state index contributed by atoms with van der Waals surface area (Å²) in [5.74, 6) is 0.471. The number of carboxylic acid groups (broad SMARTS) is 1. The molecule has 3 heteroatoms. The van der Waals surface area contributed by atoms with Crippen molar-refractivity contribution in [3.05, 3.63) is 0 Å². The number of likely N-dealkylation sites (tertiary alicyclic amines) is 1. The van der Waals surface area contributed by atoms with Crippen molar-refractivity contribution < 1.29 is 9.90 Å². The highest BCUT2D eigenvalue weighted by Gasteiger charge is 2.37. The molecule has 2 rings (SSSR count). The highest BCUT2D eigenvalue weighted by Crippen LogP contribution is 2.36. The van der Waals surface area contributed by atoms with Crippen molar-refractivity contribution in [2.75, 3.05) is 13.1 Å². The molecule has 0 spiro atoms. The molecule has 15 heavy (non-hydrogen) atoms. The van der Waals surface area contributed by atoms with Gasteiger partial charge in [-0.2, -0.15) is 0 Å². The van der Waals surface area contributed by atoms with Gasteiger partial charge in [-0.3, -0.25) is 9.69 Å². The zero-order valence-corrected chi connectivity index (χ0v) is 9.65. The van der Waals surface area contributed by atoms with Crippen molar-refractivity contribution in [1.82, 2.24) is 4.90 Å². The molecule has 1 saturated heterocycles. The van der Waals surface area contributed by atoms with E-state index < -0.39 is 5.97 Å². The highest BCUT2D eigenvalue weighted by molar-refractivity contribution is 5.71. The van der Waals surface area contributed by atoms with Crippen molar-refractivity contribution in [1.29, 1.82) is 0 Å².